The van der Waals surface area contributed by atoms with Crippen LogP contribution in [0.3, 0.4) is 0 Å². The SMILES string of the molecule is Cc1ccccc1[C@@H](C)NCC1(O)CCC(C(=O)O)CC1. The number of carboxylic acids is 1. The van der Waals surface area contributed by atoms with Crippen molar-refractivity contribution in [3.05, 3.63) is 35.4 Å². The van der Waals surface area contributed by atoms with Gasteiger partial charge in [-0.25, -0.2) is 0 Å². The van der Waals surface area contributed by atoms with Gasteiger partial charge in [-0.1, -0.05) is 24.3 Å². The number of carboxylic acid groups (broad SMARTS) is 1. The van der Waals surface area contributed by atoms with Crippen LogP contribution in [0.4, 0.5) is 0 Å². The van der Waals surface area contributed by atoms with Crippen molar-refractivity contribution >= 4 is 5.97 Å². The highest BCUT2D eigenvalue weighted by molar-refractivity contribution is 5.70. The first kappa shape index (κ1) is 16.0. The molecule has 0 radical (unpaired) electrons. The number of aliphatic hydroxyl groups is 1. The summed E-state index contributed by atoms with van der Waals surface area (Å²) >= 11 is 0. The summed E-state index contributed by atoms with van der Waals surface area (Å²) in [4.78, 5) is 11.0. The average molecular weight is 291 g/mol. The zero-order valence-electron chi connectivity index (χ0n) is 12.8. The number of aryl methyl sites for hydroxylation is 1. The van der Waals surface area contributed by atoms with Gasteiger partial charge >= 0.3 is 5.97 Å². The first-order chi connectivity index (χ1) is 9.91. The number of rotatable bonds is 5. The van der Waals surface area contributed by atoms with Gasteiger partial charge in [0.25, 0.3) is 0 Å². The van der Waals surface area contributed by atoms with Gasteiger partial charge in [-0.15, -0.1) is 0 Å². The fourth-order valence-electron chi connectivity index (χ4n) is 3.10. The Morgan fingerprint density at radius 1 is 1.38 bits per heavy atom. The molecule has 116 valence electrons. The summed E-state index contributed by atoms with van der Waals surface area (Å²) in [5.74, 6) is -1.03. The summed E-state index contributed by atoms with van der Waals surface area (Å²) in [6.45, 7) is 4.68. The molecule has 2 rings (SSSR count). The van der Waals surface area contributed by atoms with Gasteiger partial charge in [-0.05, 0) is 50.7 Å². The van der Waals surface area contributed by atoms with Gasteiger partial charge in [0.1, 0.15) is 0 Å². The third-order valence-corrected chi connectivity index (χ3v) is 4.66. The van der Waals surface area contributed by atoms with Crippen LogP contribution in [0.2, 0.25) is 0 Å². The average Bonchev–Trinajstić information content (AvgIpc) is 2.46. The molecule has 0 spiro atoms. The topological polar surface area (TPSA) is 69.6 Å². The van der Waals surface area contributed by atoms with Gasteiger partial charge in [0.2, 0.25) is 0 Å². The predicted molar refractivity (Wildman–Crippen MR) is 82.1 cm³/mol. The maximum atomic E-state index is 11.0. The van der Waals surface area contributed by atoms with Crippen LogP contribution in [0, 0.1) is 12.8 Å². The van der Waals surface area contributed by atoms with E-state index in [1.807, 2.05) is 12.1 Å². The molecule has 0 heterocycles. The molecule has 0 amide bonds. The van der Waals surface area contributed by atoms with Gasteiger partial charge in [-0.2, -0.15) is 0 Å². The second-order valence-electron chi connectivity index (χ2n) is 6.30. The molecule has 4 nitrogen and oxygen atoms in total. The van der Waals surface area contributed by atoms with Crippen molar-refractivity contribution in [3.63, 3.8) is 0 Å². The lowest BCUT2D eigenvalue weighted by atomic mass is 9.78. The van der Waals surface area contributed by atoms with E-state index in [9.17, 15) is 9.90 Å². The molecule has 1 fully saturated rings. The Balaban J connectivity index is 1.88. The highest BCUT2D eigenvalue weighted by Crippen LogP contribution is 2.32. The molecule has 1 saturated carbocycles. The fourth-order valence-corrected chi connectivity index (χ4v) is 3.10. The molecular formula is C17H25NO3. The van der Waals surface area contributed by atoms with Crippen LogP contribution < -0.4 is 5.32 Å². The van der Waals surface area contributed by atoms with E-state index in [1.165, 1.54) is 11.1 Å². The number of hydrogen-bond acceptors (Lipinski definition) is 3. The van der Waals surface area contributed by atoms with Gasteiger partial charge in [0.15, 0.2) is 0 Å². The van der Waals surface area contributed by atoms with E-state index in [2.05, 4.69) is 31.3 Å². The highest BCUT2D eigenvalue weighted by atomic mass is 16.4. The number of hydrogen-bond donors (Lipinski definition) is 3. The van der Waals surface area contributed by atoms with Gasteiger partial charge < -0.3 is 15.5 Å². The number of carbonyl (C=O) groups is 1. The second-order valence-corrected chi connectivity index (χ2v) is 6.30. The predicted octanol–water partition coefficient (Wildman–Crippen LogP) is 2.65. The van der Waals surface area contributed by atoms with Crippen LogP contribution in [0.1, 0.15) is 49.8 Å². The Bertz CT molecular complexity index is 493. The van der Waals surface area contributed by atoms with E-state index in [-0.39, 0.29) is 12.0 Å². The van der Waals surface area contributed by atoms with Crippen molar-refractivity contribution in [1.82, 2.24) is 5.32 Å². The molecule has 3 N–H and O–H groups in total. The number of nitrogens with one attached hydrogen (secondary N) is 1. The lowest BCUT2D eigenvalue weighted by Crippen LogP contribution is -2.45. The molecule has 1 aromatic rings. The Kier molecular flexibility index (Phi) is 5.01. The third-order valence-electron chi connectivity index (χ3n) is 4.66. The Morgan fingerprint density at radius 2 is 2.00 bits per heavy atom. The molecule has 1 aromatic carbocycles. The van der Waals surface area contributed by atoms with Crippen LogP contribution in [-0.2, 0) is 4.79 Å². The summed E-state index contributed by atoms with van der Waals surface area (Å²) in [6.07, 6.45) is 2.23. The molecule has 0 aliphatic heterocycles. The van der Waals surface area contributed by atoms with Crippen molar-refractivity contribution in [3.8, 4) is 0 Å². The molecule has 4 heteroatoms. The van der Waals surface area contributed by atoms with Crippen LogP contribution >= 0.6 is 0 Å². The minimum absolute atomic E-state index is 0.174. The lowest BCUT2D eigenvalue weighted by molar-refractivity contribution is -0.144. The van der Waals surface area contributed by atoms with E-state index in [0.29, 0.717) is 32.2 Å². The van der Waals surface area contributed by atoms with E-state index < -0.39 is 11.6 Å². The first-order valence-corrected chi connectivity index (χ1v) is 7.65. The van der Waals surface area contributed by atoms with Crippen LogP contribution in [0.5, 0.6) is 0 Å². The van der Waals surface area contributed by atoms with Crippen molar-refractivity contribution in [2.75, 3.05) is 6.54 Å². The maximum absolute atomic E-state index is 11.0. The molecule has 0 saturated heterocycles. The quantitative estimate of drug-likeness (QED) is 0.780. The first-order valence-electron chi connectivity index (χ1n) is 7.65. The molecule has 1 aliphatic rings. The van der Waals surface area contributed by atoms with Crippen LogP contribution in [0.15, 0.2) is 24.3 Å². The van der Waals surface area contributed by atoms with Crippen molar-refractivity contribution in [2.45, 2.75) is 51.2 Å². The fraction of sp³-hybridized carbons (Fsp3) is 0.588. The van der Waals surface area contributed by atoms with E-state index >= 15 is 0 Å². The zero-order chi connectivity index (χ0) is 15.5. The van der Waals surface area contributed by atoms with Crippen LogP contribution in [0.25, 0.3) is 0 Å². The minimum Gasteiger partial charge on any atom is -0.481 e. The maximum Gasteiger partial charge on any atom is 0.306 e. The third kappa shape index (κ3) is 4.05. The summed E-state index contributed by atoms with van der Waals surface area (Å²) < 4.78 is 0. The Labute approximate surface area is 126 Å². The highest BCUT2D eigenvalue weighted by Gasteiger charge is 2.35. The standard InChI is InChI=1S/C17H25NO3/c1-12-5-3-4-6-15(12)13(2)18-11-17(21)9-7-14(8-10-17)16(19)20/h3-6,13-14,18,21H,7-11H2,1-2H3,(H,19,20)/t13-,14?,17?/m1/s1. The Morgan fingerprint density at radius 3 is 2.57 bits per heavy atom. The normalized spacial score (nSPS) is 27.3. The zero-order valence-corrected chi connectivity index (χ0v) is 12.8. The number of benzene rings is 1. The molecule has 0 bridgehead atoms. The lowest BCUT2D eigenvalue weighted by Gasteiger charge is -2.35. The molecule has 0 unspecified atom stereocenters. The summed E-state index contributed by atoms with van der Waals surface area (Å²) in [6, 6.07) is 8.39. The van der Waals surface area contributed by atoms with Gasteiger partial charge in [0, 0.05) is 12.6 Å². The monoisotopic (exact) mass is 291 g/mol. The van der Waals surface area contributed by atoms with E-state index in [4.69, 9.17) is 5.11 Å². The van der Waals surface area contributed by atoms with Crippen LogP contribution in [-0.4, -0.2) is 28.3 Å². The molecular weight excluding hydrogens is 266 g/mol. The minimum atomic E-state index is -0.775. The van der Waals surface area contributed by atoms with E-state index in [1.54, 1.807) is 0 Å². The smallest absolute Gasteiger partial charge is 0.306 e. The molecule has 1 atom stereocenters. The van der Waals surface area contributed by atoms with Crippen molar-refractivity contribution in [1.29, 1.82) is 0 Å². The van der Waals surface area contributed by atoms with E-state index in [0.717, 1.165) is 0 Å². The second kappa shape index (κ2) is 6.58. The van der Waals surface area contributed by atoms with Crippen molar-refractivity contribution in [2.24, 2.45) is 5.92 Å². The van der Waals surface area contributed by atoms with Crippen molar-refractivity contribution < 1.29 is 15.0 Å². The molecule has 0 aromatic heterocycles. The molecule has 21 heavy (non-hydrogen) atoms. The summed E-state index contributed by atoms with van der Waals surface area (Å²) in [5.41, 5.74) is 1.70. The number of aliphatic carboxylic acids is 1. The summed E-state index contributed by atoms with van der Waals surface area (Å²) in [5, 5.41) is 23.0. The summed E-state index contributed by atoms with van der Waals surface area (Å²) in [7, 11) is 0. The van der Waals surface area contributed by atoms with Gasteiger partial charge in [0.05, 0.1) is 11.5 Å². The largest absolute Gasteiger partial charge is 0.481 e. The molecule has 1 aliphatic carbocycles. The Hall–Kier alpha value is -1.39. The van der Waals surface area contributed by atoms with Gasteiger partial charge in [-0.3, -0.25) is 4.79 Å².